The van der Waals surface area contributed by atoms with Gasteiger partial charge < -0.3 is 4.74 Å². The second-order valence-corrected chi connectivity index (χ2v) is 7.37. The molecule has 120 valence electrons. The Bertz CT molecular complexity index is 753. The lowest BCUT2D eigenvalue weighted by Gasteiger charge is -2.46. The van der Waals surface area contributed by atoms with Gasteiger partial charge in [-0.3, -0.25) is 4.79 Å². The zero-order valence-corrected chi connectivity index (χ0v) is 14.2. The number of ether oxygens (including phenoxy) is 1. The van der Waals surface area contributed by atoms with E-state index < -0.39 is 0 Å². The predicted octanol–water partition coefficient (Wildman–Crippen LogP) is 4.73. The molecule has 2 heteroatoms. The van der Waals surface area contributed by atoms with Gasteiger partial charge in [0.25, 0.3) is 0 Å². The lowest BCUT2D eigenvalue weighted by Crippen LogP contribution is -2.42. The van der Waals surface area contributed by atoms with Crippen LogP contribution >= 0.6 is 0 Å². The Morgan fingerprint density at radius 1 is 1.17 bits per heavy atom. The number of allylic oxidation sites excluding steroid dienone is 4. The standard InChI is InChI=1S/C21H24O2/c1-13-11-18-16-10-8-15(23-3)12-14(16)7-9-17(18)19-5-4-6-20(22)21(13,19)2/h5,8,10,12-13H,4,6-7,9,11H2,1-3H3. The minimum Gasteiger partial charge on any atom is -0.497 e. The number of Topliss-reactive ketones (excluding diaryl/α,β-unsaturated/α-hetero) is 1. The molecule has 0 aliphatic heterocycles. The Morgan fingerprint density at radius 3 is 2.78 bits per heavy atom. The fourth-order valence-corrected chi connectivity index (χ4v) is 4.76. The van der Waals surface area contributed by atoms with Gasteiger partial charge in [0.1, 0.15) is 11.5 Å². The highest BCUT2D eigenvalue weighted by Gasteiger charge is 2.48. The van der Waals surface area contributed by atoms with Crippen molar-refractivity contribution in [3.05, 3.63) is 46.5 Å². The van der Waals surface area contributed by atoms with Crippen LogP contribution in [0.25, 0.3) is 5.57 Å². The molecule has 3 aliphatic rings. The van der Waals surface area contributed by atoms with Crippen molar-refractivity contribution >= 4 is 11.4 Å². The summed E-state index contributed by atoms with van der Waals surface area (Å²) in [5, 5.41) is 0. The molecule has 1 aromatic rings. The molecule has 0 saturated heterocycles. The van der Waals surface area contributed by atoms with Crippen LogP contribution in [0, 0.1) is 11.3 Å². The molecule has 0 fully saturated rings. The zero-order chi connectivity index (χ0) is 16.2. The quantitative estimate of drug-likeness (QED) is 0.749. The number of carbonyl (C=O) groups excluding carboxylic acids is 1. The van der Waals surface area contributed by atoms with Crippen LogP contribution in [0.15, 0.2) is 35.4 Å². The Hall–Kier alpha value is -1.83. The molecule has 2 nitrogen and oxygen atoms in total. The number of aryl methyl sites for hydroxylation is 1. The van der Waals surface area contributed by atoms with Crippen molar-refractivity contribution in [1.82, 2.24) is 0 Å². The first kappa shape index (κ1) is 14.7. The van der Waals surface area contributed by atoms with E-state index in [4.69, 9.17) is 4.74 Å². The van der Waals surface area contributed by atoms with Crippen molar-refractivity contribution in [1.29, 1.82) is 0 Å². The lowest BCUT2D eigenvalue weighted by atomic mass is 9.56. The van der Waals surface area contributed by atoms with E-state index in [1.54, 1.807) is 7.11 Å². The van der Waals surface area contributed by atoms with Gasteiger partial charge in [0, 0.05) is 6.42 Å². The number of carbonyl (C=O) groups is 1. The number of fused-ring (bicyclic) bond motifs is 4. The summed E-state index contributed by atoms with van der Waals surface area (Å²) < 4.78 is 5.38. The summed E-state index contributed by atoms with van der Waals surface area (Å²) in [5.41, 5.74) is 6.77. The Balaban J connectivity index is 1.88. The van der Waals surface area contributed by atoms with Gasteiger partial charge in [-0.05, 0) is 78.5 Å². The van der Waals surface area contributed by atoms with E-state index in [9.17, 15) is 4.79 Å². The van der Waals surface area contributed by atoms with Crippen molar-refractivity contribution in [2.24, 2.45) is 11.3 Å². The van der Waals surface area contributed by atoms with Crippen molar-refractivity contribution in [3.63, 3.8) is 0 Å². The highest BCUT2D eigenvalue weighted by atomic mass is 16.5. The molecule has 0 N–H and O–H groups in total. The number of rotatable bonds is 1. The molecule has 1 aromatic carbocycles. The van der Waals surface area contributed by atoms with Gasteiger partial charge >= 0.3 is 0 Å². The molecule has 0 aromatic heterocycles. The monoisotopic (exact) mass is 308 g/mol. The van der Waals surface area contributed by atoms with E-state index in [0.29, 0.717) is 18.1 Å². The minimum absolute atomic E-state index is 0.263. The van der Waals surface area contributed by atoms with Crippen molar-refractivity contribution < 1.29 is 9.53 Å². The number of hydrogen-bond donors (Lipinski definition) is 0. The fraction of sp³-hybridized carbons (Fsp3) is 0.476. The van der Waals surface area contributed by atoms with E-state index in [0.717, 1.165) is 31.4 Å². The Morgan fingerprint density at radius 2 is 2.00 bits per heavy atom. The Kier molecular flexibility index (Phi) is 3.26. The number of hydrogen-bond acceptors (Lipinski definition) is 2. The molecule has 0 heterocycles. The minimum atomic E-state index is -0.263. The van der Waals surface area contributed by atoms with Gasteiger partial charge in [0.15, 0.2) is 0 Å². The van der Waals surface area contributed by atoms with Crippen LogP contribution in [0.3, 0.4) is 0 Å². The molecular weight excluding hydrogens is 284 g/mol. The highest BCUT2D eigenvalue weighted by Crippen LogP contribution is 2.55. The van der Waals surface area contributed by atoms with Gasteiger partial charge in [-0.15, -0.1) is 0 Å². The van der Waals surface area contributed by atoms with Crippen LogP contribution in [-0.2, 0) is 11.2 Å². The summed E-state index contributed by atoms with van der Waals surface area (Å²) in [5.74, 6) is 1.75. The van der Waals surface area contributed by atoms with Crippen molar-refractivity contribution in [2.75, 3.05) is 7.11 Å². The molecule has 0 radical (unpaired) electrons. The van der Waals surface area contributed by atoms with E-state index in [-0.39, 0.29) is 5.41 Å². The maximum atomic E-state index is 12.7. The first-order valence-corrected chi connectivity index (χ1v) is 8.69. The van der Waals surface area contributed by atoms with Gasteiger partial charge in [-0.1, -0.05) is 19.1 Å². The lowest BCUT2D eigenvalue weighted by molar-refractivity contribution is -0.128. The average molecular weight is 308 g/mol. The summed E-state index contributed by atoms with van der Waals surface area (Å²) in [7, 11) is 1.72. The SMILES string of the molecule is COc1ccc2c(c1)CCC1=C2CC(C)C2(C)C(=O)CCC=C12. The first-order chi connectivity index (χ1) is 11.1. The first-order valence-electron chi connectivity index (χ1n) is 8.69. The summed E-state index contributed by atoms with van der Waals surface area (Å²) in [6, 6.07) is 6.45. The molecule has 0 amide bonds. The maximum absolute atomic E-state index is 12.7. The molecule has 3 aliphatic carbocycles. The second kappa shape index (κ2) is 5.09. The summed E-state index contributed by atoms with van der Waals surface area (Å²) in [4.78, 5) is 12.7. The molecule has 2 atom stereocenters. The Labute approximate surface area is 138 Å². The number of benzene rings is 1. The van der Waals surface area contributed by atoms with Gasteiger partial charge in [0.05, 0.1) is 12.5 Å². The van der Waals surface area contributed by atoms with Gasteiger partial charge in [0.2, 0.25) is 0 Å². The third-order valence-electron chi connectivity index (χ3n) is 6.33. The molecule has 23 heavy (non-hydrogen) atoms. The maximum Gasteiger partial charge on any atom is 0.143 e. The second-order valence-electron chi connectivity index (χ2n) is 7.37. The number of methoxy groups -OCH3 is 1. The third kappa shape index (κ3) is 1.97. The smallest absolute Gasteiger partial charge is 0.143 e. The van der Waals surface area contributed by atoms with Crippen LogP contribution in [-0.4, -0.2) is 12.9 Å². The van der Waals surface area contributed by atoms with Crippen LogP contribution in [0.1, 0.15) is 50.7 Å². The summed E-state index contributed by atoms with van der Waals surface area (Å²) in [6.45, 7) is 4.43. The molecule has 0 bridgehead atoms. The van der Waals surface area contributed by atoms with Crippen molar-refractivity contribution in [2.45, 2.75) is 46.0 Å². The zero-order valence-electron chi connectivity index (χ0n) is 14.2. The van der Waals surface area contributed by atoms with Crippen LogP contribution < -0.4 is 4.74 Å². The fourth-order valence-electron chi connectivity index (χ4n) is 4.76. The number of ketones is 1. The largest absolute Gasteiger partial charge is 0.497 e. The van der Waals surface area contributed by atoms with E-state index in [1.807, 2.05) is 0 Å². The van der Waals surface area contributed by atoms with E-state index in [1.165, 1.54) is 27.8 Å². The normalized spacial score (nSPS) is 29.4. The van der Waals surface area contributed by atoms with E-state index in [2.05, 4.69) is 38.1 Å². The van der Waals surface area contributed by atoms with Crippen LogP contribution in [0.2, 0.25) is 0 Å². The molecule has 4 rings (SSSR count). The summed E-state index contributed by atoms with van der Waals surface area (Å²) >= 11 is 0. The molecular formula is C21H24O2. The summed E-state index contributed by atoms with van der Waals surface area (Å²) in [6.07, 6.45) is 7.07. The van der Waals surface area contributed by atoms with Gasteiger partial charge in [-0.25, -0.2) is 0 Å². The average Bonchev–Trinajstić information content (AvgIpc) is 2.56. The predicted molar refractivity (Wildman–Crippen MR) is 92.4 cm³/mol. The van der Waals surface area contributed by atoms with Crippen LogP contribution in [0.5, 0.6) is 5.75 Å². The van der Waals surface area contributed by atoms with Gasteiger partial charge in [-0.2, -0.15) is 0 Å². The third-order valence-corrected chi connectivity index (χ3v) is 6.33. The molecule has 2 unspecified atom stereocenters. The molecule has 0 spiro atoms. The highest BCUT2D eigenvalue weighted by molar-refractivity contribution is 5.94. The van der Waals surface area contributed by atoms with Crippen molar-refractivity contribution in [3.8, 4) is 5.75 Å². The topological polar surface area (TPSA) is 26.3 Å². The van der Waals surface area contributed by atoms with E-state index >= 15 is 0 Å². The van der Waals surface area contributed by atoms with Crippen LogP contribution in [0.4, 0.5) is 0 Å². The molecule has 0 saturated carbocycles.